The number of carbonyl (C=O) groups is 1. The van der Waals surface area contributed by atoms with Crippen LogP contribution in [0.4, 0.5) is 0 Å². The Bertz CT molecular complexity index is 674. The highest BCUT2D eigenvalue weighted by molar-refractivity contribution is 5.85. The number of benzene rings is 1. The summed E-state index contributed by atoms with van der Waals surface area (Å²) in [5.74, 6) is 1.57. The van der Waals surface area contributed by atoms with Gasteiger partial charge in [0.05, 0.1) is 12.1 Å². The summed E-state index contributed by atoms with van der Waals surface area (Å²) in [6.45, 7) is 7.40. The molecular formula is C19H27N3O2. The van der Waals surface area contributed by atoms with Crippen molar-refractivity contribution in [3.8, 4) is 0 Å². The maximum atomic E-state index is 12.1. The van der Waals surface area contributed by atoms with Crippen LogP contribution in [-0.2, 0) is 11.3 Å². The Morgan fingerprint density at radius 1 is 1.38 bits per heavy atom. The Morgan fingerprint density at radius 2 is 2.17 bits per heavy atom. The second kappa shape index (κ2) is 6.95. The minimum absolute atomic E-state index is 0.0562. The first-order valence-electron chi connectivity index (χ1n) is 8.65. The van der Waals surface area contributed by atoms with Crippen molar-refractivity contribution in [3.05, 3.63) is 36.1 Å². The first-order valence-corrected chi connectivity index (χ1v) is 8.65. The third-order valence-electron chi connectivity index (χ3n) is 4.97. The maximum Gasteiger partial charge on any atom is 0.239 e. The van der Waals surface area contributed by atoms with Crippen molar-refractivity contribution < 1.29 is 9.21 Å². The topological polar surface area (TPSA) is 57.5 Å². The van der Waals surface area contributed by atoms with Gasteiger partial charge in [0.2, 0.25) is 5.91 Å². The molecule has 0 unspecified atom stereocenters. The van der Waals surface area contributed by atoms with Gasteiger partial charge in [-0.2, -0.15) is 0 Å². The number of furan rings is 1. The Morgan fingerprint density at radius 3 is 2.92 bits per heavy atom. The van der Waals surface area contributed by atoms with E-state index in [0.717, 1.165) is 49.3 Å². The van der Waals surface area contributed by atoms with Crippen molar-refractivity contribution in [2.45, 2.75) is 32.4 Å². The van der Waals surface area contributed by atoms with E-state index >= 15 is 0 Å². The average Bonchev–Trinajstić information content (AvgIpc) is 3.18. The highest BCUT2D eigenvalue weighted by Gasteiger charge is 2.28. The highest BCUT2D eigenvalue weighted by Crippen LogP contribution is 2.23. The molecule has 130 valence electrons. The fraction of sp³-hybridized carbons (Fsp3) is 0.526. The Balaban J connectivity index is 1.49. The molecule has 5 nitrogen and oxygen atoms in total. The number of likely N-dealkylation sites (tertiary alicyclic amines) is 1. The molecule has 24 heavy (non-hydrogen) atoms. The molecule has 3 rings (SSSR count). The van der Waals surface area contributed by atoms with Crippen molar-refractivity contribution in [2.75, 3.05) is 26.7 Å². The number of nitrogens with one attached hydrogen (secondary N) is 2. The Hall–Kier alpha value is -1.85. The second-order valence-electron chi connectivity index (χ2n) is 7.23. The van der Waals surface area contributed by atoms with Crippen LogP contribution in [0, 0.1) is 5.92 Å². The van der Waals surface area contributed by atoms with E-state index in [1.165, 1.54) is 0 Å². The third-order valence-corrected chi connectivity index (χ3v) is 4.97. The predicted octanol–water partition coefficient (Wildman–Crippen LogP) is 2.37. The zero-order valence-corrected chi connectivity index (χ0v) is 14.8. The van der Waals surface area contributed by atoms with Gasteiger partial charge >= 0.3 is 0 Å². The number of rotatable bonds is 6. The monoisotopic (exact) mass is 329 g/mol. The van der Waals surface area contributed by atoms with Crippen LogP contribution in [0.2, 0.25) is 0 Å². The van der Waals surface area contributed by atoms with Gasteiger partial charge in [-0.25, -0.2) is 0 Å². The van der Waals surface area contributed by atoms with Gasteiger partial charge in [-0.05, 0) is 51.9 Å². The molecule has 1 amide bonds. The summed E-state index contributed by atoms with van der Waals surface area (Å²) in [4.78, 5) is 14.5. The fourth-order valence-electron chi connectivity index (χ4n) is 3.13. The summed E-state index contributed by atoms with van der Waals surface area (Å²) < 4.78 is 5.90. The van der Waals surface area contributed by atoms with Crippen molar-refractivity contribution >= 4 is 16.9 Å². The number of hydrogen-bond donors (Lipinski definition) is 2. The van der Waals surface area contributed by atoms with E-state index in [1.54, 1.807) is 0 Å². The first-order chi connectivity index (χ1) is 11.5. The van der Waals surface area contributed by atoms with Gasteiger partial charge in [0.25, 0.3) is 0 Å². The molecule has 2 N–H and O–H groups in total. The number of para-hydroxylation sites is 1. The molecule has 1 aromatic heterocycles. The highest BCUT2D eigenvalue weighted by atomic mass is 16.3. The molecule has 0 saturated carbocycles. The summed E-state index contributed by atoms with van der Waals surface area (Å²) in [6, 6.07) is 10.2. The summed E-state index contributed by atoms with van der Waals surface area (Å²) in [5.41, 5.74) is 0.428. The van der Waals surface area contributed by atoms with E-state index in [2.05, 4.69) is 27.7 Å². The van der Waals surface area contributed by atoms with Gasteiger partial charge in [-0.3, -0.25) is 9.69 Å². The van der Waals surface area contributed by atoms with Gasteiger partial charge in [0, 0.05) is 18.5 Å². The van der Waals surface area contributed by atoms with E-state index in [0.29, 0.717) is 5.92 Å². The summed E-state index contributed by atoms with van der Waals surface area (Å²) >= 11 is 0. The van der Waals surface area contributed by atoms with Crippen molar-refractivity contribution in [1.29, 1.82) is 0 Å². The van der Waals surface area contributed by atoms with Crippen LogP contribution in [0.3, 0.4) is 0 Å². The summed E-state index contributed by atoms with van der Waals surface area (Å²) in [5, 5.41) is 7.26. The van der Waals surface area contributed by atoms with Crippen LogP contribution in [0.25, 0.3) is 11.0 Å². The van der Waals surface area contributed by atoms with Crippen LogP contribution < -0.4 is 10.6 Å². The molecule has 1 atom stereocenters. The minimum atomic E-state index is -0.521. The largest absolute Gasteiger partial charge is 0.460 e. The van der Waals surface area contributed by atoms with E-state index in [9.17, 15) is 4.79 Å². The zero-order chi connectivity index (χ0) is 17.2. The Kier molecular flexibility index (Phi) is 4.92. The number of carbonyl (C=O) groups excluding carboxylic acids is 1. The van der Waals surface area contributed by atoms with Gasteiger partial charge in [-0.15, -0.1) is 0 Å². The molecule has 1 aliphatic heterocycles. The standard InChI is InChI=1S/C19H27N3O2/c1-19(2,20-3)18(23)21-11-14-8-9-22(12-14)13-16-10-15-6-4-5-7-17(15)24-16/h4-7,10,14,20H,8-9,11-13H2,1-3H3,(H,21,23)/t14-/m1/s1. The minimum Gasteiger partial charge on any atom is -0.460 e. The van der Waals surface area contributed by atoms with Crippen molar-refractivity contribution in [2.24, 2.45) is 5.92 Å². The predicted molar refractivity (Wildman–Crippen MR) is 95.7 cm³/mol. The van der Waals surface area contributed by atoms with Gasteiger partial charge in [0.1, 0.15) is 11.3 Å². The lowest BCUT2D eigenvalue weighted by molar-refractivity contribution is -0.126. The van der Waals surface area contributed by atoms with Crippen LogP contribution in [0.5, 0.6) is 0 Å². The normalized spacial score (nSPS) is 19.0. The molecule has 1 aliphatic rings. The number of amides is 1. The SMILES string of the molecule is CNC(C)(C)C(=O)NC[C@H]1CCN(Cc2cc3ccccc3o2)C1. The first kappa shape index (κ1) is 17.0. The van der Waals surface area contributed by atoms with Crippen LogP contribution in [0.15, 0.2) is 34.7 Å². The molecule has 1 saturated heterocycles. The number of fused-ring (bicyclic) bond motifs is 1. The molecule has 0 aliphatic carbocycles. The lowest BCUT2D eigenvalue weighted by Crippen LogP contribution is -2.52. The van der Waals surface area contributed by atoms with E-state index < -0.39 is 5.54 Å². The van der Waals surface area contributed by atoms with E-state index in [1.807, 2.05) is 39.1 Å². The molecule has 2 heterocycles. The van der Waals surface area contributed by atoms with Crippen molar-refractivity contribution in [3.63, 3.8) is 0 Å². The number of nitrogens with zero attached hydrogens (tertiary/aromatic N) is 1. The maximum absolute atomic E-state index is 12.1. The molecule has 0 spiro atoms. The summed E-state index contributed by atoms with van der Waals surface area (Å²) in [7, 11) is 1.81. The van der Waals surface area contributed by atoms with E-state index in [4.69, 9.17) is 4.42 Å². The average molecular weight is 329 g/mol. The van der Waals surface area contributed by atoms with Gasteiger partial charge in [0.15, 0.2) is 0 Å². The second-order valence-corrected chi connectivity index (χ2v) is 7.23. The van der Waals surface area contributed by atoms with Crippen LogP contribution in [0.1, 0.15) is 26.0 Å². The van der Waals surface area contributed by atoms with Crippen LogP contribution in [-0.4, -0.2) is 43.0 Å². The van der Waals surface area contributed by atoms with Crippen LogP contribution >= 0.6 is 0 Å². The van der Waals surface area contributed by atoms with Gasteiger partial charge in [-0.1, -0.05) is 18.2 Å². The Labute approximate surface area is 143 Å². The van der Waals surface area contributed by atoms with Gasteiger partial charge < -0.3 is 15.1 Å². The number of likely N-dealkylation sites (N-methyl/N-ethyl adjacent to an activating group) is 1. The van der Waals surface area contributed by atoms with E-state index in [-0.39, 0.29) is 5.91 Å². The smallest absolute Gasteiger partial charge is 0.239 e. The van der Waals surface area contributed by atoms with Crippen molar-refractivity contribution in [1.82, 2.24) is 15.5 Å². The molecular weight excluding hydrogens is 302 g/mol. The molecule has 0 bridgehead atoms. The lowest BCUT2D eigenvalue weighted by Gasteiger charge is -2.24. The zero-order valence-electron chi connectivity index (χ0n) is 14.8. The molecule has 1 aromatic carbocycles. The number of hydrogen-bond acceptors (Lipinski definition) is 4. The molecule has 5 heteroatoms. The summed E-state index contributed by atoms with van der Waals surface area (Å²) in [6.07, 6.45) is 1.11. The quantitative estimate of drug-likeness (QED) is 0.854. The lowest BCUT2D eigenvalue weighted by atomic mass is 10.0. The molecule has 1 fully saturated rings. The molecule has 2 aromatic rings. The molecule has 0 radical (unpaired) electrons. The fourth-order valence-corrected chi connectivity index (χ4v) is 3.13. The third kappa shape index (κ3) is 3.79.